The fourth-order valence-corrected chi connectivity index (χ4v) is 4.12. The summed E-state index contributed by atoms with van der Waals surface area (Å²) >= 11 is 0. The first-order valence-corrected chi connectivity index (χ1v) is 9.94. The predicted molar refractivity (Wildman–Crippen MR) is 111 cm³/mol. The molecule has 1 aliphatic carbocycles. The van der Waals surface area contributed by atoms with Crippen LogP contribution in [0.2, 0.25) is 0 Å². The Morgan fingerprint density at radius 3 is 2.39 bits per heavy atom. The second kappa shape index (κ2) is 8.68. The number of carbonyl (C=O) groups is 1. The molecule has 4 heteroatoms. The Labute approximate surface area is 167 Å². The molecule has 0 aliphatic heterocycles. The molecule has 0 fully saturated rings. The zero-order valence-electron chi connectivity index (χ0n) is 17.5. The van der Waals surface area contributed by atoms with E-state index in [9.17, 15) is 4.79 Å². The minimum atomic E-state index is -0.230. The summed E-state index contributed by atoms with van der Waals surface area (Å²) in [6.45, 7) is 4.35. The lowest BCUT2D eigenvalue weighted by Crippen LogP contribution is -2.14. The molecule has 0 amide bonds. The number of ketones is 1. The van der Waals surface area contributed by atoms with Crippen LogP contribution in [0.25, 0.3) is 0 Å². The van der Waals surface area contributed by atoms with Gasteiger partial charge in [0, 0.05) is 11.1 Å². The number of fused-ring (bicyclic) bond motifs is 1. The molecule has 2 aromatic rings. The van der Waals surface area contributed by atoms with Gasteiger partial charge < -0.3 is 14.2 Å². The maximum Gasteiger partial charge on any atom is 0.170 e. The number of Topliss-reactive ketones (excluding diaryl/α,β-unsaturated/α-hetero) is 1. The Morgan fingerprint density at radius 1 is 1.00 bits per heavy atom. The number of rotatable bonds is 6. The highest BCUT2D eigenvalue weighted by molar-refractivity contribution is 6.03. The van der Waals surface area contributed by atoms with Gasteiger partial charge in [-0.1, -0.05) is 13.8 Å². The van der Waals surface area contributed by atoms with Crippen molar-refractivity contribution in [2.24, 2.45) is 5.92 Å². The highest BCUT2D eigenvalue weighted by Gasteiger charge is 2.30. The summed E-state index contributed by atoms with van der Waals surface area (Å²) in [6, 6.07) is 9.80. The SMILES string of the molecule is COc1ccc(OC)c(C2CCCc3cc(OC)c(CC(C)C)cc3C2=O)c1. The van der Waals surface area contributed by atoms with Crippen LogP contribution in [0.3, 0.4) is 0 Å². The maximum atomic E-state index is 13.6. The van der Waals surface area contributed by atoms with Crippen molar-refractivity contribution in [3.8, 4) is 17.2 Å². The molecule has 0 heterocycles. The standard InChI is InChI=1S/C24H30O4/c1-15(2)11-17-12-20-16(13-23(17)28-5)7-6-8-19(24(20)25)21-14-18(26-3)9-10-22(21)27-4/h9-10,12-15,19H,6-8,11H2,1-5H3. The van der Waals surface area contributed by atoms with Gasteiger partial charge in [-0.2, -0.15) is 0 Å². The molecule has 4 nitrogen and oxygen atoms in total. The minimum absolute atomic E-state index is 0.159. The van der Waals surface area contributed by atoms with E-state index in [1.165, 1.54) is 0 Å². The van der Waals surface area contributed by atoms with Gasteiger partial charge in [0.25, 0.3) is 0 Å². The highest BCUT2D eigenvalue weighted by Crippen LogP contribution is 2.39. The first-order valence-electron chi connectivity index (χ1n) is 9.94. The van der Waals surface area contributed by atoms with Gasteiger partial charge in [-0.3, -0.25) is 4.79 Å². The van der Waals surface area contributed by atoms with Crippen LogP contribution >= 0.6 is 0 Å². The lowest BCUT2D eigenvalue weighted by atomic mass is 9.86. The fraction of sp³-hybridized carbons (Fsp3) is 0.458. The number of benzene rings is 2. The first kappa shape index (κ1) is 20.2. The molecule has 0 aromatic heterocycles. The van der Waals surface area contributed by atoms with Crippen molar-refractivity contribution in [1.29, 1.82) is 0 Å². The van der Waals surface area contributed by atoms with E-state index in [2.05, 4.69) is 26.0 Å². The fourth-order valence-electron chi connectivity index (χ4n) is 4.12. The average molecular weight is 383 g/mol. The van der Waals surface area contributed by atoms with Gasteiger partial charge in [-0.15, -0.1) is 0 Å². The number of aryl methyl sites for hydroxylation is 1. The summed E-state index contributed by atoms with van der Waals surface area (Å²) in [4.78, 5) is 13.6. The van der Waals surface area contributed by atoms with Gasteiger partial charge in [-0.25, -0.2) is 0 Å². The molecule has 0 saturated heterocycles. The van der Waals surface area contributed by atoms with Crippen LogP contribution in [0.4, 0.5) is 0 Å². The molecule has 1 aliphatic rings. The van der Waals surface area contributed by atoms with Crippen LogP contribution in [0.15, 0.2) is 30.3 Å². The van der Waals surface area contributed by atoms with E-state index in [0.29, 0.717) is 5.92 Å². The summed E-state index contributed by atoms with van der Waals surface area (Å²) in [6.07, 6.45) is 3.49. The van der Waals surface area contributed by atoms with Crippen molar-refractivity contribution in [3.05, 3.63) is 52.6 Å². The molecule has 3 rings (SSSR count). The Bertz CT molecular complexity index is 854. The summed E-state index contributed by atoms with van der Waals surface area (Å²) in [7, 11) is 4.99. The van der Waals surface area contributed by atoms with E-state index in [1.807, 2.05) is 18.2 Å². The zero-order valence-corrected chi connectivity index (χ0v) is 17.5. The molecule has 0 spiro atoms. The number of hydrogen-bond donors (Lipinski definition) is 0. The van der Waals surface area contributed by atoms with E-state index < -0.39 is 0 Å². The van der Waals surface area contributed by atoms with Gasteiger partial charge in [0.2, 0.25) is 0 Å². The first-order chi connectivity index (χ1) is 13.5. The van der Waals surface area contributed by atoms with Crippen molar-refractivity contribution in [1.82, 2.24) is 0 Å². The van der Waals surface area contributed by atoms with Crippen molar-refractivity contribution >= 4 is 5.78 Å². The van der Waals surface area contributed by atoms with Crippen LogP contribution in [0, 0.1) is 5.92 Å². The van der Waals surface area contributed by atoms with Crippen LogP contribution in [0.5, 0.6) is 17.2 Å². The van der Waals surface area contributed by atoms with E-state index >= 15 is 0 Å². The molecular formula is C24H30O4. The second-order valence-electron chi connectivity index (χ2n) is 7.84. The van der Waals surface area contributed by atoms with Crippen molar-refractivity contribution in [2.45, 2.75) is 45.4 Å². The number of hydrogen-bond acceptors (Lipinski definition) is 4. The molecule has 0 bridgehead atoms. The quantitative estimate of drug-likeness (QED) is 0.643. The van der Waals surface area contributed by atoms with Gasteiger partial charge in [0.15, 0.2) is 5.78 Å². The van der Waals surface area contributed by atoms with Gasteiger partial charge in [0.05, 0.1) is 27.2 Å². The molecule has 1 unspecified atom stereocenters. The molecule has 28 heavy (non-hydrogen) atoms. The second-order valence-corrected chi connectivity index (χ2v) is 7.84. The number of methoxy groups -OCH3 is 3. The predicted octanol–water partition coefficient (Wildman–Crippen LogP) is 5.21. The zero-order chi connectivity index (χ0) is 20.3. The van der Waals surface area contributed by atoms with Gasteiger partial charge >= 0.3 is 0 Å². The third kappa shape index (κ3) is 4.01. The minimum Gasteiger partial charge on any atom is -0.497 e. The lowest BCUT2D eigenvalue weighted by molar-refractivity contribution is 0.0955. The Balaban J connectivity index is 2.08. The van der Waals surface area contributed by atoms with Crippen molar-refractivity contribution in [3.63, 3.8) is 0 Å². The molecule has 150 valence electrons. The largest absolute Gasteiger partial charge is 0.497 e. The molecule has 2 aromatic carbocycles. The summed E-state index contributed by atoms with van der Waals surface area (Å²) < 4.78 is 16.6. The van der Waals surface area contributed by atoms with Crippen molar-refractivity contribution < 1.29 is 19.0 Å². The topological polar surface area (TPSA) is 44.8 Å². The monoisotopic (exact) mass is 382 g/mol. The molecule has 0 radical (unpaired) electrons. The molecular weight excluding hydrogens is 352 g/mol. The van der Waals surface area contributed by atoms with Crippen molar-refractivity contribution in [2.75, 3.05) is 21.3 Å². The van der Waals surface area contributed by atoms with E-state index in [1.54, 1.807) is 21.3 Å². The van der Waals surface area contributed by atoms with Crippen LogP contribution in [-0.4, -0.2) is 27.1 Å². The Hall–Kier alpha value is -2.49. The normalized spacial score (nSPS) is 16.5. The molecule has 0 N–H and O–H groups in total. The third-order valence-electron chi connectivity index (χ3n) is 5.47. The highest BCUT2D eigenvalue weighted by atomic mass is 16.5. The average Bonchev–Trinajstić information content (AvgIpc) is 2.85. The van der Waals surface area contributed by atoms with E-state index in [0.717, 1.165) is 65.2 Å². The lowest BCUT2D eigenvalue weighted by Gasteiger charge is -2.19. The maximum absolute atomic E-state index is 13.6. The Kier molecular flexibility index (Phi) is 6.28. The molecule has 1 atom stereocenters. The van der Waals surface area contributed by atoms with Gasteiger partial charge in [0.1, 0.15) is 17.2 Å². The Morgan fingerprint density at radius 2 is 1.75 bits per heavy atom. The van der Waals surface area contributed by atoms with Gasteiger partial charge in [-0.05, 0) is 73.1 Å². The van der Waals surface area contributed by atoms with Crippen LogP contribution < -0.4 is 14.2 Å². The summed E-state index contributed by atoms with van der Waals surface area (Å²) in [5.74, 6) is 2.78. The summed E-state index contributed by atoms with van der Waals surface area (Å²) in [5, 5.41) is 0. The smallest absolute Gasteiger partial charge is 0.170 e. The number of ether oxygens (including phenoxy) is 3. The molecule has 0 saturated carbocycles. The van der Waals surface area contributed by atoms with E-state index in [4.69, 9.17) is 14.2 Å². The third-order valence-corrected chi connectivity index (χ3v) is 5.47. The number of carbonyl (C=O) groups excluding carboxylic acids is 1. The van der Waals surface area contributed by atoms with Crippen LogP contribution in [0.1, 0.15) is 59.7 Å². The van der Waals surface area contributed by atoms with Crippen LogP contribution in [-0.2, 0) is 12.8 Å². The summed E-state index contributed by atoms with van der Waals surface area (Å²) in [5.41, 5.74) is 3.91. The van der Waals surface area contributed by atoms with E-state index in [-0.39, 0.29) is 11.7 Å².